The second-order valence-electron chi connectivity index (χ2n) is 8.48. The largest absolute Gasteiger partial charge is 0.462 e. The molecule has 0 aliphatic carbocycles. The number of esters is 2. The molecule has 1 atom stereocenters. The first kappa shape index (κ1) is 27.2. The van der Waals surface area contributed by atoms with E-state index in [0.717, 1.165) is 38.5 Å². The molecule has 1 rings (SSSR count). The lowest BCUT2D eigenvalue weighted by atomic mass is 10.1. The molecule has 0 saturated heterocycles. The zero-order chi connectivity index (χ0) is 22.7. The zero-order valence-electron chi connectivity index (χ0n) is 20.1. The van der Waals surface area contributed by atoms with Gasteiger partial charge in [-0.2, -0.15) is 0 Å². The first-order valence-corrected chi connectivity index (χ1v) is 12.6. The Labute approximate surface area is 190 Å². The quantitative estimate of drug-likeness (QED) is 0.175. The lowest BCUT2D eigenvalue weighted by Gasteiger charge is -2.16. The molecule has 4 heteroatoms. The van der Waals surface area contributed by atoms with Gasteiger partial charge in [0.05, 0.1) is 17.7 Å². The summed E-state index contributed by atoms with van der Waals surface area (Å²) in [7, 11) is 0. The molecule has 0 aromatic heterocycles. The second-order valence-corrected chi connectivity index (χ2v) is 8.48. The van der Waals surface area contributed by atoms with Crippen LogP contribution in [-0.4, -0.2) is 24.6 Å². The minimum absolute atomic E-state index is 0.0700. The van der Waals surface area contributed by atoms with E-state index in [4.69, 9.17) is 9.47 Å². The predicted molar refractivity (Wildman–Crippen MR) is 128 cm³/mol. The summed E-state index contributed by atoms with van der Waals surface area (Å²) in [6, 6.07) is 6.66. The summed E-state index contributed by atoms with van der Waals surface area (Å²) in [4.78, 5) is 24.8. The lowest BCUT2D eigenvalue weighted by molar-refractivity contribution is 0.0268. The van der Waals surface area contributed by atoms with Crippen molar-refractivity contribution in [3.05, 3.63) is 35.4 Å². The summed E-state index contributed by atoms with van der Waals surface area (Å²) < 4.78 is 11.0. The summed E-state index contributed by atoms with van der Waals surface area (Å²) in [5.41, 5.74) is 0.812. The maximum absolute atomic E-state index is 12.4. The molecule has 0 amide bonds. The first-order valence-electron chi connectivity index (χ1n) is 12.6. The second kappa shape index (κ2) is 17.8. The van der Waals surface area contributed by atoms with Crippen LogP contribution >= 0.6 is 0 Å². The molecule has 1 unspecified atom stereocenters. The van der Waals surface area contributed by atoms with Gasteiger partial charge < -0.3 is 9.47 Å². The normalized spacial score (nSPS) is 11.8. The maximum atomic E-state index is 12.4. The minimum atomic E-state index is -0.372. The fourth-order valence-electron chi connectivity index (χ4n) is 3.61. The predicted octanol–water partition coefficient (Wildman–Crippen LogP) is 7.89. The van der Waals surface area contributed by atoms with Crippen molar-refractivity contribution in [1.29, 1.82) is 0 Å². The Balaban J connectivity index is 2.28. The third-order valence-corrected chi connectivity index (χ3v) is 5.67. The minimum Gasteiger partial charge on any atom is -0.462 e. The van der Waals surface area contributed by atoms with E-state index in [1.807, 2.05) is 6.92 Å². The summed E-state index contributed by atoms with van der Waals surface area (Å²) in [5.74, 6) is -0.740. The molecule has 0 fully saturated rings. The molecule has 0 N–H and O–H groups in total. The number of unbranched alkanes of at least 4 members (excludes halogenated alkanes) is 10. The third kappa shape index (κ3) is 12.6. The Hall–Kier alpha value is -1.84. The van der Waals surface area contributed by atoms with Crippen molar-refractivity contribution >= 4 is 11.9 Å². The molecule has 0 radical (unpaired) electrons. The molecule has 31 heavy (non-hydrogen) atoms. The average molecular weight is 433 g/mol. The van der Waals surface area contributed by atoms with Crippen LogP contribution in [0.25, 0.3) is 0 Å². The molecule has 0 saturated carbocycles. The topological polar surface area (TPSA) is 52.6 Å². The van der Waals surface area contributed by atoms with Crippen LogP contribution in [0.4, 0.5) is 0 Å². The zero-order valence-corrected chi connectivity index (χ0v) is 20.1. The highest BCUT2D eigenvalue weighted by Crippen LogP contribution is 2.15. The molecule has 1 aromatic rings. The highest BCUT2D eigenvalue weighted by atomic mass is 16.5. The lowest BCUT2D eigenvalue weighted by Crippen LogP contribution is -2.18. The van der Waals surface area contributed by atoms with E-state index in [1.165, 1.54) is 51.4 Å². The van der Waals surface area contributed by atoms with Gasteiger partial charge in [-0.15, -0.1) is 0 Å². The highest BCUT2D eigenvalue weighted by Gasteiger charge is 2.16. The van der Waals surface area contributed by atoms with Crippen molar-refractivity contribution in [3.63, 3.8) is 0 Å². The summed E-state index contributed by atoms with van der Waals surface area (Å²) >= 11 is 0. The summed E-state index contributed by atoms with van der Waals surface area (Å²) in [6.07, 6.45) is 16.2. The van der Waals surface area contributed by atoms with Crippen LogP contribution in [0.1, 0.15) is 131 Å². The number of ether oxygens (including phenoxy) is 2. The van der Waals surface area contributed by atoms with Gasteiger partial charge in [0.25, 0.3) is 0 Å². The van der Waals surface area contributed by atoms with E-state index >= 15 is 0 Å². The Morgan fingerprint density at radius 2 is 1.29 bits per heavy atom. The Morgan fingerprint density at radius 3 is 1.87 bits per heavy atom. The maximum Gasteiger partial charge on any atom is 0.338 e. The van der Waals surface area contributed by atoms with Crippen molar-refractivity contribution in [2.45, 2.75) is 117 Å². The van der Waals surface area contributed by atoms with E-state index in [0.29, 0.717) is 17.7 Å². The van der Waals surface area contributed by atoms with Crippen LogP contribution in [0, 0.1) is 0 Å². The van der Waals surface area contributed by atoms with E-state index in [-0.39, 0.29) is 18.0 Å². The van der Waals surface area contributed by atoms with Gasteiger partial charge in [-0.1, -0.05) is 97.5 Å². The molecule has 0 bridgehead atoms. The average Bonchev–Trinajstić information content (AvgIpc) is 2.79. The van der Waals surface area contributed by atoms with Crippen molar-refractivity contribution in [1.82, 2.24) is 0 Å². The van der Waals surface area contributed by atoms with Crippen molar-refractivity contribution in [3.8, 4) is 0 Å². The van der Waals surface area contributed by atoms with Crippen LogP contribution < -0.4 is 0 Å². The van der Waals surface area contributed by atoms with Crippen molar-refractivity contribution in [2.75, 3.05) is 6.61 Å². The fraction of sp³-hybridized carbons (Fsp3) is 0.704. The van der Waals surface area contributed by atoms with Crippen LogP contribution in [-0.2, 0) is 9.47 Å². The number of benzene rings is 1. The van der Waals surface area contributed by atoms with Gasteiger partial charge in [0.15, 0.2) is 0 Å². The SMILES string of the molecule is CCCCCCCCCCCCOC(=O)c1cccc(C(=O)OC(CC)CCCC)c1. The van der Waals surface area contributed by atoms with E-state index in [1.54, 1.807) is 24.3 Å². The standard InChI is InChI=1S/C27H44O4/c1-4-7-9-10-11-12-13-14-15-16-21-30-26(28)23-18-17-19-24(22-23)27(29)31-25(6-3)20-8-5-2/h17-19,22,25H,4-16,20-21H2,1-3H3. The summed E-state index contributed by atoms with van der Waals surface area (Å²) in [6.45, 7) is 6.82. The van der Waals surface area contributed by atoms with Gasteiger partial charge in [-0.3, -0.25) is 0 Å². The molecule has 1 aromatic carbocycles. The van der Waals surface area contributed by atoms with Crippen LogP contribution in [0.3, 0.4) is 0 Å². The number of carbonyl (C=O) groups excluding carboxylic acids is 2. The fourth-order valence-corrected chi connectivity index (χ4v) is 3.61. The van der Waals surface area contributed by atoms with E-state index in [2.05, 4.69) is 13.8 Å². The van der Waals surface area contributed by atoms with Crippen LogP contribution in [0.5, 0.6) is 0 Å². The van der Waals surface area contributed by atoms with E-state index < -0.39 is 0 Å². The molecule has 0 heterocycles. The van der Waals surface area contributed by atoms with Gasteiger partial charge in [0, 0.05) is 0 Å². The smallest absolute Gasteiger partial charge is 0.338 e. The number of hydrogen-bond acceptors (Lipinski definition) is 4. The van der Waals surface area contributed by atoms with E-state index in [9.17, 15) is 9.59 Å². The molecule has 0 aliphatic heterocycles. The molecule has 176 valence electrons. The van der Waals surface area contributed by atoms with Crippen LogP contribution in [0.2, 0.25) is 0 Å². The van der Waals surface area contributed by atoms with Gasteiger partial charge >= 0.3 is 11.9 Å². The molecular weight excluding hydrogens is 388 g/mol. The van der Waals surface area contributed by atoms with Gasteiger partial charge in [0.2, 0.25) is 0 Å². The van der Waals surface area contributed by atoms with Crippen molar-refractivity contribution in [2.24, 2.45) is 0 Å². The molecule has 4 nitrogen and oxygen atoms in total. The number of carbonyl (C=O) groups is 2. The monoisotopic (exact) mass is 432 g/mol. The molecular formula is C27H44O4. The Bertz CT molecular complexity index is 611. The highest BCUT2D eigenvalue weighted by molar-refractivity contribution is 5.95. The number of hydrogen-bond donors (Lipinski definition) is 0. The van der Waals surface area contributed by atoms with Gasteiger partial charge in [0.1, 0.15) is 6.10 Å². The van der Waals surface area contributed by atoms with Gasteiger partial charge in [-0.05, 0) is 37.5 Å². The Morgan fingerprint density at radius 1 is 0.742 bits per heavy atom. The first-order chi connectivity index (χ1) is 15.1. The van der Waals surface area contributed by atoms with Crippen LogP contribution in [0.15, 0.2) is 24.3 Å². The molecule has 0 aliphatic rings. The number of rotatable bonds is 18. The third-order valence-electron chi connectivity index (χ3n) is 5.67. The van der Waals surface area contributed by atoms with Crippen molar-refractivity contribution < 1.29 is 19.1 Å². The Kier molecular flexibility index (Phi) is 15.6. The molecule has 0 spiro atoms. The van der Waals surface area contributed by atoms with Gasteiger partial charge in [-0.25, -0.2) is 9.59 Å². The summed E-state index contributed by atoms with van der Waals surface area (Å²) in [5, 5.41) is 0.